The van der Waals surface area contributed by atoms with Crippen LogP contribution in [-0.4, -0.2) is 27.2 Å². The van der Waals surface area contributed by atoms with Gasteiger partial charge in [0, 0.05) is 6.54 Å². The van der Waals surface area contributed by atoms with Gasteiger partial charge in [-0.05, 0) is 61.7 Å². The van der Waals surface area contributed by atoms with E-state index in [1.54, 1.807) is 0 Å². The third-order valence-electron chi connectivity index (χ3n) is 5.96. The van der Waals surface area contributed by atoms with Gasteiger partial charge in [-0.1, -0.05) is 0 Å². The maximum absolute atomic E-state index is 12.1. The summed E-state index contributed by atoms with van der Waals surface area (Å²) in [6.45, 7) is 0.791. The van der Waals surface area contributed by atoms with Gasteiger partial charge in [-0.25, -0.2) is 0 Å². The SMILES string of the molecule is O=C(Cn1cc([N+](=O)[O-])cn1)NCC12CC3CC(CC(C3)C1)C2. The molecule has 4 saturated carbocycles. The van der Waals surface area contributed by atoms with Crippen LogP contribution in [0.1, 0.15) is 38.5 Å². The van der Waals surface area contributed by atoms with Crippen molar-refractivity contribution in [1.82, 2.24) is 15.1 Å². The smallest absolute Gasteiger partial charge is 0.307 e. The number of carbonyl (C=O) groups excluding carboxylic acids is 1. The molecule has 1 N–H and O–H groups in total. The van der Waals surface area contributed by atoms with Crippen molar-refractivity contribution in [2.24, 2.45) is 23.2 Å². The summed E-state index contributed by atoms with van der Waals surface area (Å²) in [5, 5.41) is 17.6. The monoisotopic (exact) mass is 318 g/mol. The van der Waals surface area contributed by atoms with Crippen LogP contribution in [0, 0.1) is 33.3 Å². The summed E-state index contributed by atoms with van der Waals surface area (Å²) in [7, 11) is 0. The molecule has 23 heavy (non-hydrogen) atoms. The Morgan fingerprint density at radius 2 is 1.91 bits per heavy atom. The first-order valence-electron chi connectivity index (χ1n) is 8.45. The van der Waals surface area contributed by atoms with Gasteiger partial charge in [0.15, 0.2) is 0 Å². The summed E-state index contributed by atoms with van der Waals surface area (Å²) in [6, 6.07) is 0. The molecule has 1 amide bonds. The maximum atomic E-state index is 12.1. The van der Waals surface area contributed by atoms with Crippen molar-refractivity contribution in [3.8, 4) is 0 Å². The van der Waals surface area contributed by atoms with Gasteiger partial charge in [-0.15, -0.1) is 0 Å². The van der Waals surface area contributed by atoms with E-state index in [1.807, 2.05) is 0 Å². The lowest BCUT2D eigenvalue weighted by molar-refractivity contribution is -0.385. The molecule has 0 saturated heterocycles. The maximum Gasteiger partial charge on any atom is 0.307 e. The zero-order valence-corrected chi connectivity index (χ0v) is 13.1. The van der Waals surface area contributed by atoms with Crippen molar-refractivity contribution in [3.05, 3.63) is 22.5 Å². The molecule has 5 rings (SSSR count). The molecule has 1 heterocycles. The second kappa shape index (κ2) is 5.32. The molecule has 4 aliphatic carbocycles. The van der Waals surface area contributed by atoms with Gasteiger partial charge in [-0.3, -0.25) is 19.6 Å². The minimum absolute atomic E-state index is 0.0419. The number of hydrogen-bond donors (Lipinski definition) is 1. The first kappa shape index (κ1) is 14.7. The molecular formula is C16H22N4O3. The molecule has 4 bridgehead atoms. The lowest BCUT2D eigenvalue weighted by Gasteiger charge is -2.56. The molecule has 0 unspecified atom stereocenters. The molecular weight excluding hydrogens is 296 g/mol. The molecule has 1 aromatic rings. The number of amides is 1. The van der Waals surface area contributed by atoms with Crippen LogP contribution in [0.5, 0.6) is 0 Å². The molecule has 124 valence electrons. The lowest BCUT2D eigenvalue weighted by Crippen LogP contribution is -2.51. The predicted octanol–water partition coefficient (Wildman–Crippen LogP) is 2.12. The van der Waals surface area contributed by atoms with Crippen molar-refractivity contribution in [2.45, 2.75) is 45.1 Å². The van der Waals surface area contributed by atoms with Crippen molar-refractivity contribution in [2.75, 3.05) is 6.54 Å². The first-order chi connectivity index (χ1) is 11.0. The number of carbonyl (C=O) groups is 1. The van der Waals surface area contributed by atoms with Crippen molar-refractivity contribution >= 4 is 11.6 Å². The Bertz CT molecular complexity index is 604. The van der Waals surface area contributed by atoms with Gasteiger partial charge in [-0.2, -0.15) is 5.10 Å². The number of rotatable bonds is 5. The van der Waals surface area contributed by atoms with E-state index < -0.39 is 4.92 Å². The molecule has 0 atom stereocenters. The molecule has 7 nitrogen and oxygen atoms in total. The summed E-state index contributed by atoms with van der Waals surface area (Å²) < 4.78 is 1.33. The van der Waals surface area contributed by atoms with Crippen LogP contribution in [-0.2, 0) is 11.3 Å². The number of aromatic nitrogens is 2. The van der Waals surface area contributed by atoms with Gasteiger partial charge in [0.2, 0.25) is 5.91 Å². The summed E-state index contributed by atoms with van der Waals surface area (Å²) >= 11 is 0. The standard InChI is InChI=1S/C16H22N4O3/c21-15(9-19-8-14(7-18-19)20(22)23)17-10-16-4-11-1-12(5-16)3-13(2-11)6-16/h7-8,11-13H,1-6,9-10H2,(H,17,21). The van der Waals surface area contributed by atoms with Crippen molar-refractivity contribution in [1.29, 1.82) is 0 Å². The highest BCUT2D eigenvalue weighted by molar-refractivity contribution is 5.75. The van der Waals surface area contributed by atoms with Crippen LogP contribution in [0.15, 0.2) is 12.4 Å². The summed E-state index contributed by atoms with van der Waals surface area (Å²) in [6.07, 6.45) is 10.4. The molecule has 4 fully saturated rings. The Labute approximate surface area is 134 Å². The highest BCUT2D eigenvalue weighted by Gasteiger charge is 2.50. The van der Waals surface area contributed by atoms with Gasteiger partial charge >= 0.3 is 5.69 Å². The third-order valence-corrected chi connectivity index (χ3v) is 5.96. The van der Waals surface area contributed by atoms with E-state index in [4.69, 9.17) is 0 Å². The normalized spacial score (nSPS) is 34.5. The highest BCUT2D eigenvalue weighted by Crippen LogP contribution is 2.59. The largest absolute Gasteiger partial charge is 0.354 e. The Morgan fingerprint density at radius 1 is 1.30 bits per heavy atom. The fourth-order valence-electron chi connectivity index (χ4n) is 5.53. The molecule has 0 radical (unpaired) electrons. The average molecular weight is 318 g/mol. The third kappa shape index (κ3) is 2.84. The fraction of sp³-hybridized carbons (Fsp3) is 0.750. The zero-order chi connectivity index (χ0) is 16.0. The second-order valence-electron chi connectivity index (χ2n) is 7.85. The summed E-state index contributed by atoms with van der Waals surface area (Å²) in [5.41, 5.74) is 0.222. The quantitative estimate of drug-likeness (QED) is 0.665. The van der Waals surface area contributed by atoms with E-state index in [0.717, 1.165) is 24.3 Å². The minimum Gasteiger partial charge on any atom is -0.354 e. The highest BCUT2D eigenvalue weighted by atomic mass is 16.6. The molecule has 7 heteroatoms. The Balaban J connectivity index is 1.33. The molecule has 4 aliphatic rings. The number of nitro groups is 1. The van der Waals surface area contributed by atoms with Gasteiger partial charge < -0.3 is 5.32 Å². The van der Waals surface area contributed by atoms with Crippen LogP contribution < -0.4 is 5.32 Å². The average Bonchev–Trinajstić information content (AvgIpc) is 2.93. The molecule has 0 spiro atoms. The lowest BCUT2D eigenvalue weighted by atomic mass is 9.49. The van der Waals surface area contributed by atoms with Gasteiger partial charge in [0.1, 0.15) is 18.9 Å². The van der Waals surface area contributed by atoms with E-state index in [-0.39, 0.29) is 18.1 Å². The second-order valence-corrected chi connectivity index (χ2v) is 7.85. The van der Waals surface area contributed by atoms with Crippen LogP contribution in [0.3, 0.4) is 0 Å². The summed E-state index contributed by atoms with van der Waals surface area (Å²) in [5.74, 6) is 2.49. The molecule has 0 aliphatic heterocycles. The molecule has 1 aromatic heterocycles. The van der Waals surface area contributed by atoms with E-state index in [0.29, 0.717) is 5.41 Å². The topological polar surface area (TPSA) is 90.1 Å². The van der Waals surface area contributed by atoms with Gasteiger partial charge in [0.05, 0.1) is 4.92 Å². The van der Waals surface area contributed by atoms with Crippen LogP contribution >= 0.6 is 0 Å². The van der Waals surface area contributed by atoms with Crippen LogP contribution in [0.25, 0.3) is 0 Å². The number of nitrogens with one attached hydrogen (secondary N) is 1. The summed E-state index contributed by atoms with van der Waals surface area (Å²) in [4.78, 5) is 22.3. The van der Waals surface area contributed by atoms with E-state index in [1.165, 1.54) is 55.6 Å². The zero-order valence-electron chi connectivity index (χ0n) is 13.1. The van der Waals surface area contributed by atoms with E-state index >= 15 is 0 Å². The number of hydrogen-bond acceptors (Lipinski definition) is 4. The van der Waals surface area contributed by atoms with Crippen LogP contribution in [0.4, 0.5) is 5.69 Å². The van der Waals surface area contributed by atoms with Gasteiger partial charge in [0.25, 0.3) is 0 Å². The van der Waals surface area contributed by atoms with Crippen molar-refractivity contribution in [3.63, 3.8) is 0 Å². The fourth-order valence-corrected chi connectivity index (χ4v) is 5.53. The predicted molar refractivity (Wildman–Crippen MR) is 82.5 cm³/mol. The first-order valence-corrected chi connectivity index (χ1v) is 8.45. The Kier molecular flexibility index (Phi) is 3.39. The van der Waals surface area contributed by atoms with Crippen molar-refractivity contribution < 1.29 is 9.72 Å². The number of nitrogens with zero attached hydrogens (tertiary/aromatic N) is 3. The Morgan fingerprint density at radius 3 is 2.43 bits per heavy atom. The minimum atomic E-state index is -0.503. The molecule has 0 aromatic carbocycles. The Hall–Kier alpha value is -1.92. The van der Waals surface area contributed by atoms with E-state index in [9.17, 15) is 14.9 Å². The van der Waals surface area contributed by atoms with Crippen LogP contribution in [0.2, 0.25) is 0 Å². The van der Waals surface area contributed by atoms with E-state index in [2.05, 4.69) is 10.4 Å².